The monoisotopic (exact) mass is 406 g/mol. The summed E-state index contributed by atoms with van der Waals surface area (Å²) >= 11 is 6.27. The molecule has 1 atom stereocenters. The van der Waals surface area contributed by atoms with Crippen LogP contribution in [-0.2, 0) is 6.54 Å². The first kappa shape index (κ1) is 17.8. The molecular formula is C20H19ClN8. The molecule has 4 aromatic heterocycles. The van der Waals surface area contributed by atoms with Crippen molar-refractivity contribution in [2.24, 2.45) is 0 Å². The van der Waals surface area contributed by atoms with Crippen molar-refractivity contribution in [3.8, 4) is 5.69 Å². The number of hydrogen-bond acceptors (Lipinski definition) is 5. The molecule has 0 radical (unpaired) electrons. The molecule has 4 heterocycles. The number of para-hydroxylation sites is 1. The molecule has 0 aliphatic carbocycles. The van der Waals surface area contributed by atoms with Crippen molar-refractivity contribution in [2.45, 2.75) is 33.2 Å². The Labute approximate surface area is 171 Å². The van der Waals surface area contributed by atoms with Crippen molar-refractivity contribution in [1.29, 1.82) is 0 Å². The van der Waals surface area contributed by atoms with Gasteiger partial charge in [-0.3, -0.25) is 4.68 Å². The Bertz CT molecular complexity index is 1330. The predicted octanol–water partition coefficient (Wildman–Crippen LogP) is 3.73. The fourth-order valence-corrected chi connectivity index (χ4v) is 3.63. The van der Waals surface area contributed by atoms with Crippen molar-refractivity contribution < 1.29 is 0 Å². The van der Waals surface area contributed by atoms with Gasteiger partial charge in [0.1, 0.15) is 6.33 Å². The molecule has 0 N–H and O–H groups in total. The van der Waals surface area contributed by atoms with Crippen LogP contribution in [0.3, 0.4) is 0 Å². The second kappa shape index (κ2) is 6.66. The second-order valence-corrected chi connectivity index (χ2v) is 7.56. The molecule has 5 aromatic rings. The van der Waals surface area contributed by atoms with E-state index >= 15 is 0 Å². The standard InChI is InChI=1S/C20H19ClN8/c1-12(10-27-14(3)17(21)13(2)25-27)18-24-20-16-9-23-29(15-7-5-4-6-8-15)19(16)22-11-28(20)26-18/h4-9,11-12H,10H2,1-3H3/t12-/m1/s1. The molecule has 0 saturated carbocycles. The molecule has 0 unspecified atom stereocenters. The number of fused-ring (bicyclic) bond motifs is 3. The quantitative estimate of drug-likeness (QED) is 0.454. The van der Waals surface area contributed by atoms with Gasteiger partial charge >= 0.3 is 0 Å². The summed E-state index contributed by atoms with van der Waals surface area (Å²) in [5, 5.41) is 15.2. The Hall–Kier alpha value is -3.26. The largest absolute Gasteiger partial charge is 0.267 e. The molecule has 5 rings (SSSR count). The Balaban J connectivity index is 1.54. The van der Waals surface area contributed by atoms with Crippen LogP contribution in [0.2, 0.25) is 5.02 Å². The normalized spacial score (nSPS) is 12.8. The van der Waals surface area contributed by atoms with Gasteiger partial charge in [-0.15, -0.1) is 5.10 Å². The van der Waals surface area contributed by atoms with Gasteiger partial charge in [-0.1, -0.05) is 36.7 Å². The topological polar surface area (TPSA) is 78.7 Å². The zero-order chi connectivity index (χ0) is 20.1. The predicted molar refractivity (Wildman–Crippen MR) is 111 cm³/mol. The van der Waals surface area contributed by atoms with E-state index in [1.165, 1.54) is 0 Å². The van der Waals surface area contributed by atoms with E-state index in [0.717, 1.165) is 39.6 Å². The number of halogens is 1. The van der Waals surface area contributed by atoms with Gasteiger partial charge in [-0.2, -0.15) is 10.2 Å². The third-order valence-corrected chi connectivity index (χ3v) is 5.65. The zero-order valence-corrected chi connectivity index (χ0v) is 17.0. The van der Waals surface area contributed by atoms with Crippen LogP contribution >= 0.6 is 11.6 Å². The van der Waals surface area contributed by atoms with Crippen LogP contribution in [0.4, 0.5) is 0 Å². The third kappa shape index (κ3) is 2.87. The van der Waals surface area contributed by atoms with E-state index in [1.54, 1.807) is 17.0 Å². The van der Waals surface area contributed by atoms with Crippen LogP contribution in [0, 0.1) is 13.8 Å². The van der Waals surface area contributed by atoms with Crippen LogP contribution < -0.4 is 0 Å². The van der Waals surface area contributed by atoms with Crippen LogP contribution in [0.25, 0.3) is 22.4 Å². The number of aromatic nitrogens is 8. The van der Waals surface area contributed by atoms with Gasteiger partial charge in [0.05, 0.1) is 40.2 Å². The third-order valence-electron chi connectivity index (χ3n) is 5.10. The van der Waals surface area contributed by atoms with E-state index in [4.69, 9.17) is 16.6 Å². The van der Waals surface area contributed by atoms with E-state index in [2.05, 4.69) is 27.2 Å². The van der Waals surface area contributed by atoms with Crippen molar-refractivity contribution >= 4 is 28.3 Å². The Morgan fingerprint density at radius 3 is 2.59 bits per heavy atom. The molecule has 0 amide bonds. The molecular weight excluding hydrogens is 388 g/mol. The summed E-state index contributed by atoms with van der Waals surface area (Å²) in [5.74, 6) is 0.790. The lowest BCUT2D eigenvalue weighted by atomic mass is 10.1. The average Bonchev–Trinajstić information content (AvgIpc) is 3.41. The lowest BCUT2D eigenvalue weighted by Gasteiger charge is -2.09. The van der Waals surface area contributed by atoms with Crippen LogP contribution in [0.5, 0.6) is 0 Å². The summed E-state index contributed by atoms with van der Waals surface area (Å²) in [6.45, 7) is 6.61. The summed E-state index contributed by atoms with van der Waals surface area (Å²) in [5.41, 5.74) is 4.23. The van der Waals surface area contributed by atoms with Gasteiger partial charge < -0.3 is 0 Å². The summed E-state index contributed by atoms with van der Waals surface area (Å²) in [7, 11) is 0. The Kier molecular flexibility index (Phi) is 4.09. The molecule has 0 bridgehead atoms. The smallest absolute Gasteiger partial charge is 0.170 e. The van der Waals surface area contributed by atoms with E-state index in [9.17, 15) is 0 Å². The molecule has 146 valence electrons. The lowest BCUT2D eigenvalue weighted by molar-refractivity contribution is 0.512. The minimum Gasteiger partial charge on any atom is -0.267 e. The summed E-state index contributed by atoms with van der Waals surface area (Å²) < 4.78 is 5.43. The minimum absolute atomic E-state index is 0.0585. The molecule has 29 heavy (non-hydrogen) atoms. The van der Waals surface area contributed by atoms with Crippen molar-refractivity contribution in [3.05, 3.63) is 65.1 Å². The molecule has 8 nitrogen and oxygen atoms in total. The van der Waals surface area contributed by atoms with Gasteiger partial charge in [0.25, 0.3) is 0 Å². The molecule has 0 fully saturated rings. The first-order valence-corrected chi connectivity index (χ1v) is 9.74. The van der Waals surface area contributed by atoms with Crippen molar-refractivity contribution in [2.75, 3.05) is 0 Å². The maximum Gasteiger partial charge on any atom is 0.170 e. The first-order chi connectivity index (χ1) is 14.0. The highest BCUT2D eigenvalue weighted by Gasteiger charge is 2.19. The lowest BCUT2D eigenvalue weighted by Crippen LogP contribution is -2.10. The fraction of sp³-hybridized carbons (Fsp3) is 0.250. The maximum atomic E-state index is 6.27. The molecule has 0 aliphatic rings. The molecule has 0 aliphatic heterocycles. The first-order valence-electron chi connectivity index (χ1n) is 9.37. The average molecular weight is 407 g/mol. The Morgan fingerprint density at radius 1 is 1.07 bits per heavy atom. The van der Waals surface area contributed by atoms with E-state index in [1.807, 2.05) is 53.5 Å². The van der Waals surface area contributed by atoms with Gasteiger partial charge in [0, 0.05) is 5.92 Å². The van der Waals surface area contributed by atoms with Crippen LogP contribution in [-0.4, -0.2) is 39.1 Å². The minimum atomic E-state index is 0.0585. The van der Waals surface area contributed by atoms with E-state index < -0.39 is 0 Å². The molecule has 1 aromatic carbocycles. The second-order valence-electron chi connectivity index (χ2n) is 7.18. The number of rotatable bonds is 4. The van der Waals surface area contributed by atoms with Gasteiger partial charge in [0.15, 0.2) is 17.1 Å². The Morgan fingerprint density at radius 2 is 1.86 bits per heavy atom. The fourth-order valence-electron chi connectivity index (χ4n) is 3.50. The van der Waals surface area contributed by atoms with Gasteiger partial charge in [-0.25, -0.2) is 19.2 Å². The van der Waals surface area contributed by atoms with Gasteiger partial charge in [-0.05, 0) is 26.0 Å². The summed E-state index contributed by atoms with van der Waals surface area (Å²) in [6, 6.07) is 9.92. The number of nitrogens with zero attached hydrogens (tertiary/aromatic N) is 8. The highest BCUT2D eigenvalue weighted by atomic mass is 35.5. The number of hydrogen-bond donors (Lipinski definition) is 0. The highest BCUT2D eigenvalue weighted by Crippen LogP contribution is 2.24. The van der Waals surface area contributed by atoms with Crippen molar-refractivity contribution in [3.63, 3.8) is 0 Å². The molecule has 9 heteroatoms. The van der Waals surface area contributed by atoms with Crippen LogP contribution in [0.1, 0.15) is 30.1 Å². The number of aryl methyl sites for hydroxylation is 1. The van der Waals surface area contributed by atoms with E-state index in [0.29, 0.717) is 11.6 Å². The molecule has 0 spiro atoms. The van der Waals surface area contributed by atoms with Crippen molar-refractivity contribution in [1.82, 2.24) is 39.1 Å². The highest BCUT2D eigenvalue weighted by molar-refractivity contribution is 6.31. The SMILES string of the molecule is Cc1nn(C[C@@H](C)c2nc3c4cnn(-c5ccccc5)c4ncn3n2)c(C)c1Cl. The number of benzene rings is 1. The van der Waals surface area contributed by atoms with E-state index in [-0.39, 0.29) is 5.92 Å². The molecule has 0 saturated heterocycles. The van der Waals surface area contributed by atoms with Crippen LogP contribution in [0.15, 0.2) is 42.9 Å². The van der Waals surface area contributed by atoms with Gasteiger partial charge in [0.2, 0.25) is 0 Å². The summed E-state index contributed by atoms with van der Waals surface area (Å²) in [4.78, 5) is 9.34. The summed E-state index contributed by atoms with van der Waals surface area (Å²) in [6.07, 6.45) is 3.47. The zero-order valence-electron chi connectivity index (χ0n) is 16.3. The maximum absolute atomic E-state index is 6.27.